The van der Waals surface area contributed by atoms with Crippen LogP contribution < -0.4 is 10.0 Å². The second-order valence-corrected chi connectivity index (χ2v) is 3.27. The number of hydrogen-bond acceptors (Lipinski definition) is 2. The summed E-state index contributed by atoms with van der Waals surface area (Å²) in [6, 6.07) is 12.2. The zero-order valence-electron chi connectivity index (χ0n) is 8.46. The molecular weight excluding hydrogens is 204 g/mol. The molecule has 1 heterocycles. The zero-order valence-corrected chi connectivity index (χ0v) is 8.46. The topological polar surface area (TPSA) is 56.0 Å². The van der Waals surface area contributed by atoms with Crippen LogP contribution >= 0.6 is 0 Å². The number of benzene rings is 1. The van der Waals surface area contributed by atoms with Gasteiger partial charge >= 0.3 is 0 Å². The molecule has 2 rings (SSSR count). The number of nitrogens with zero attached hydrogens (tertiary/aromatic N) is 1. The standard InChI is InChI=1S/C12H10N2O2/c15-12(10-5-4-8-14(16)9-10)13-11-6-2-1-3-7-11/h1-9H,(H,13,15). The average Bonchev–Trinajstić information content (AvgIpc) is 2.30. The van der Waals surface area contributed by atoms with E-state index in [4.69, 9.17) is 0 Å². The Kier molecular flexibility index (Phi) is 2.82. The summed E-state index contributed by atoms with van der Waals surface area (Å²) in [6.07, 6.45) is 2.57. The van der Waals surface area contributed by atoms with E-state index in [1.165, 1.54) is 18.5 Å². The Labute approximate surface area is 92.7 Å². The van der Waals surface area contributed by atoms with Crippen LogP contribution in [0.15, 0.2) is 54.9 Å². The lowest BCUT2D eigenvalue weighted by Crippen LogP contribution is -2.27. The number of rotatable bonds is 2. The van der Waals surface area contributed by atoms with Gasteiger partial charge < -0.3 is 10.5 Å². The van der Waals surface area contributed by atoms with Gasteiger partial charge in [0.25, 0.3) is 5.91 Å². The summed E-state index contributed by atoms with van der Waals surface area (Å²) in [6.45, 7) is 0. The number of carbonyl (C=O) groups excluding carboxylic acids is 1. The van der Waals surface area contributed by atoms with Crippen molar-refractivity contribution in [3.8, 4) is 0 Å². The molecule has 0 aliphatic rings. The highest BCUT2D eigenvalue weighted by molar-refractivity contribution is 6.03. The number of aromatic nitrogens is 1. The predicted molar refractivity (Wildman–Crippen MR) is 59.8 cm³/mol. The molecule has 0 radical (unpaired) electrons. The van der Waals surface area contributed by atoms with Gasteiger partial charge in [-0.2, -0.15) is 4.73 Å². The molecule has 4 nitrogen and oxygen atoms in total. The number of pyridine rings is 1. The summed E-state index contributed by atoms with van der Waals surface area (Å²) < 4.78 is 0.597. The van der Waals surface area contributed by atoms with Crippen molar-refractivity contribution in [3.63, 3.8) is 0 Å². The molecule has 0 aliphatic heterocycles. The van der Waals surface area contributed by atoms with E-state index in [0.29, 0.717) is 16.0 Å². The molecule has 1 aromatic heterocycles. The lowest BCUT2D eigenvalue weighted by molar-refractivity contribution is -0.605. The SMILES string of the molecule is O=C(Nc1ccccc1)c1ccc[n+]([O-])c1. The Hall–Kier alpha value is -2.36. The van der Waals surface area contributed by atoms with Gasteiger partial charge in [0.1, 0.15) is 5.56 Å². The maximum Gasteiger partial charge on any atom is 0.261 e. The third kappa shape index (κ3) is 2.36. The molecule has 2 aromatic rings. The van der Waals surface area contributed by atoms with Crippen molar-refractivity contribution in [1.82, 2.24) is 0 Å². The van der Waals surface area contributed by atoms with E-state index >= 15 is 0 Å². The lowest BCUT2D eigenvalue weighted by Gasteiger charge is -2.04. The van der Waals surface area contributed by atoms with Gasteiger partial charge in [0.2, 0.25) is 0 Å². The Morgan fingerprint density at radius 1 is 1.12 bits per heavy atom. The first-order valence-electron chi connectivity index (χ1n) is 4.81. The van der Waals surface area contributed by atoms with E-state index in [0.717, 1.165) is 0 Å². The Balaban J connectivity index is 2.15. The quantitative estimate of drug-likeness (QED) is 0.609. The second kappa shape index (κ2) is 4.44. The van der Waals surface area contributed by atoms with Crippen LogP contribution in [0.4, 0.5) is 5.69 Å². The first kappa shape index (κ1) is 10.2. The van der Waals surface area contributed by atoms with Gasteiger partial charge in [0.15, 0.2) is 12.4 Å². The summed E-state index contributed by atoms with van der Waals surface area (Å²) in [5.41, 5.74) is 1.04. The number of para-hydroxylation sites is 1. The molecule has 0 spiro atoms. The van der Waals surface area contributed by atoms with Crippen molar-refractivity contribution >= 4 is 11.6 Å². The van der Waals surface area contributed by atoms with Crippen molar-refractivity contribution in [2.75, 3.05) is 5.32 Å². The Bertz CT molecular complexity index is 497. The molecule has 0 atom stereocenters. The Morgan fingerprint density at radius 2 is 1.88 bits per heavy atom. The van der Waals surface area contributed by atoms with Crippen LogP contribution in [0, 0.1) is 5.21 Å². The minimum atomic E-state index is -0.295. The fourth-order valence-corrected chi connectivity index (χ4v) is 1.31. The van der Waals surface area contributed by atoms with E-state index < -0.39 is 0 Å². The molecule has 0 aliphatic carbocycles. The van der Waals surface area contributed by atoms with Gasteiger partial charge in [0.05, 0.1) is 0 Å². The van der Waals surface area contributed by atoms with Gasteiger partial charge in [-0.05, 0) is 18.2 Å². The molecular formula is C12H10N2O2. The number of anilines is 1. The molecule has 0 saturated heterocycles. The smallest absolute Gasteiger partial charge is 0.261 e. The van der Waals surface area contributed by atoms with Crippen molar-refractivity contribution in [1.29, 1.82) is 0 Å². The highest BCUT2D eigenvalue weighted by Crippen LogP contribution is 2.07. The number of amides is 1. The zero-order chi connectivity index (χ0) is 11.4. The highest BCUT2D eigenvalue weighted by atomic mass is 16.5. The van der Waals surface area contributed by atoms with Crippen LogP contribution in [0.25, 0.3) is 0 Å². The Morgan fingerprint density at radius 3 is 2.56 bits per heavy atom. The van der Waals surface area contributed by atoms with E-state index in [1.807, 2.05) is 18.2 Å². The number of hydrogen-bond donors (Lipinski definition) is 1. The molecule has 0 saturated carbocycles. The second-order valence-electron chi connectivity index (χ2n) is 3.27. The van der Waals surface area contributed by atoms with Crippen LogP contribution in [0.3, 0.4) is 0 Å². The number of carbonyl (C=O) groups is 1. The molecule has 0 unspecified atom stereocenters. The van der Waals surface area contributed by atoms with E-state index in [-0.39, 0.29) is 5.91 Å². The summed E-state index contributed by atoms with van der Waals surface area (Å²) >= 11 is 0. The van der Waals surface area contributed by atoms with Gasteiger partial charge in [-0.3, -0.25) is 4.79 Å². The fraction of sp³-hybridized carbons (Fsp3) is 0. The first-order valence-corrected chi connectivity index (χ1v) is 4.81. The van der Waals surface area contributed by atoms with Crippen LogP contribution in [-0.2, 0) is 0 Å². The van der Waals surface area contributed by atoms with E-state index in [9.17, 15) is 10.0 Å². The minimum Gasteiger partial charge on any atom is -0.619 e. The number of nitrogens with one attached hydrogen (secondary N) is 1. The molecule has 80 valence electrons. The third-order valence-corrected chi connectivity index (χ3v) is 2.07. The normalized spacial score (nSPS) is 9.75. The van der Waals surface area contributed by atoms with Gasteiger partial charge in [-0.15, -0.1) is 0 Å². The highest BCUT2D eigenvalue weighted by Gasteiger charge is 2.08. The van der Waals surface area contributed by atoms with Crippen molar-refractivity contribution in [2.45, 2.75) is 0 Å². The largest absolute Gasteiger partial charge is 0.619 e. The molecule has 1 amide bonds. The first-order chi connectivity index (χ1) is 7.75. The molecule has 0 bridgehead atoms. The van der Waals surface area contributed by atoms with Gasteiger partial charge in [-0.25, -0.2) is 0 Å². The van der Waals surface area contributed by atoms with Crippen LogP contribution in [0.1, 0.15) is 10.4 Å². The monoisotopic (exact) mass is 214 g/mol. The van der Waals surface area contributed by atoms with Crippen molar-refractivity contribution in [2.24, 2.45) is 0 Å². The summed E-state index contributed by atoms with van der Waals surface area (Å²) in [5.74, 6) is -0.295. The molecule has 0 fully saturated rings. The van der Waals surface area contributed by atoms with Crippen LogP contribution in [0.2, 0.25) is 0 Å². The van der Waals surface area contributed by atoms with Gasteiger partial charge in [0, 0.05) is 11.8 Å². The van der Waals surface area contributed by atoms with Crippen molar-refractivity contribution < 1.29 is 9.52 Å². The summed E-state index contributed by atoms with van der Waals surface area (Å²) in [5, 5.41) is 13.7. The maximum absolute atomic E-state index is 11.7. The fourth-order valence-electron chi connectivity index (χ4n) is 1.31. The van der Waals surface area contributed by atoms with Crippen LogP contribution in [0.5, 0.6) is 0 Å². The molecule has 16 heavy (non-hydrogen) atoms. The predicted octanol–water partition coefficient (Wildman–Crippen LogP) is 1.57. The van der Waals surface area contributed by atoms with E-state index in [2.05, 4.69) is 5.32 Å². The maximum atomic E-state index is 11.7. The minimum absolute atomic E-state index is 0.295. The summed E-state index contributed by atoms with van der Waals surface area (Å²) in [7, 11) is 0. The van der Waals surface area contributed by atoms with Crippen molar-refractivity contribution in [3.05, 3.63) is 65.6 Å². The lowest BCUT2D eigenvalue weighted by atomic mass is 10.2. The molecule has 1 aromatic carbocycles. The van der Waals surface area contributed by atoms with Crippen LogP contribution in [-0.4, -0.2) is 5.91 Å². The van der Waals surface area contributed by atoms with E-state index in [1.54, 1.807) is 18.2 Å². The van der Waals surface area contributed by atoms with Gasteiger partial charge in [-0.1, -0.05) is 18.2 Å². The third-order valence-electron chi connectivity index (χ3n) is 2.07. The molecule has 4 heteroatoms. The average molecular weight is 214 g/mol. The molecule has 1 N–H and O–H groups in total. The summed E-state index contributed by atoms with van der Waals surface area (Å²) in [4.78, 5) is 11.7.